The van der Waals surface area contributed by atoms with Crippen molar-refractivity contribution in [3.05, 3.63) is 96.3 Å². The molecule has 0 saturated carbocycles. The van der Waals surface area contributed by atoms with Gasteiger partial charge in [0.15, 0.2) is 5.70 Å². The Hall–Kier alpha value is -6.13. The van der Waals surface area contributed by atoms with Gasteiger partial charge < -0.3 is 30.3 Å². The van der Waals surface area contributed by atoms with Crippen molar-refractivity contribution in [1.29, 1.82) is 5.26 Å². The molecule has 5 aliphatic rings. The second kappa shape index (κ2) is 15.0. The number of likely N-dealkylation sites (tertiary alicyclic amines) is 2. The van der Waals surface area contributed by atoms with Crippen LogP contribution in [0, 0.1) is 28.6 Å². The fraction of sp³-hybridized carbons (Fsp3) is 0.400. The zero-order chi connectivity index (χ0) is 40.9. The van der Waals surface area contributed by atoms with Gasteiger partial charge in [-0.2, -0.15) is 5.26 Å². The summed E-state index contributed by atoms with van der Waals surface area (Å²) in [5.41, 5.74) is 5.45. The number of amides is 3. The van der Waals surface area contributed by atoms with Crippen LogP contribution in [0.15, 0.2) is 90.2 Å². The lowest BCUT2D eigenvalue weighted by atomic mass is 9.98. The zero-order valence-corrected chi connectivity index (χ0v) is 33.8. The number of rotatable bonds is 8. The molecule has 5 atom stereocenters. The molecule has 8 rings (SSSR count). The van der Waals surface area contributed by atoms with Gasteiger partial charge in [-0.25, -0.2) is 14.6 Å². The molecule has 1 spiro atoms. The Labute approximate surface area is 338 Å². The number of alkyl carbamates (subject to hydrolysis) is 1. The second-order valence-electron chi connectivity index (χ2n) is 17.4. The van der Waals surface area contributed by atoms with E-state index in [4.69, 9.17) is 14.5 Å². The van der Waals surface area contributed by atoms with Gasteiger partial charge in [-0.1, -0.05) is 68.5 Å². The highest BCUT2D eigenvalue weighted by atomic mass is 16.6. The summed E-state index contributed by atoms with van der Waals surface area (Å²) in [5.74, 6) is 0.279. The van der Waals surface area contributed by atoms with Crippen LogP contribution in [-0.2, 0) is 14.3 Å². The number of nitriles is 1. The SMILES string of the molecule is COC(=O)N[C@H](C(=O)N1CC2(C=C2)C[C@H]1C1NC=C(c2ccc(-c3ccc4cc(C5=CN=C([C@@H]6C[C@H](C#N)CN6C(=O)OC(C)(C)C)[NH2+]5)ccc4c3)cc2)N1)C(C)C. The summed E-state index contributed by atoms with van der Waals surface area (Å²) < 4.78 is 10.5. The Bertz CT molecular complexity index is 2310. The molecule has 2 fully saturated rings. The first-order chi connectivity index (χ1) is 27.7. The molecule has 1 unspecified atom stereocenters. The number of methoxy groups -OCH3 is 1. The highest BCUT2D eigenvalue weighted by Gasteiger charge is 2.52. The topological polar surface area (TPSA) is 165 Å². The number of quaternary nitrogens is 1. The fourth-order valence-corrected chi connectivity index (χ4v) is 8.47. The van der Waals surface area contributed by atoms with E-state index < -0.39 is 23.8 Å². The normalized spacial score (nSPS) is 23.5. The average molecular weight is 784 g/mol. The minimum absolute atomic E-state index is 0.0851. The second-order valence-corrected chi connectivity index (χ2v) is 17.4. The van der Waals surface area contributed by atoms with E-state index in [-0.39, 0.29) is 41.4 Å². The Balaban J connectivity index is 0.908. The first-order valence-electron chi connectivity index (χ1n) is 20.0. The predicted molar refractivity (Wildman–Crippen MR) is 221 cm³/mol. The third kappa shape index (κ3) is 7.76. The average Bonchev–Trinajstić information content (AvgIpc) is 3.71. The van der Waals surface area contributed by atoms with E-state index in [1.807, 2.05) is 57.2 Å². The van der Waals surface area contributed by atoms with E-state index in [2.05, 4.69) is 94.8 Å². The van der Waals surface area contributed by atoms with E-state index >= 15 is 0 Å². The Morgan fingerprint density at radius 3 is 2.31 bits per heavy atom. The van der Waals surface area contributed by atoms with Crippen molar-refractivity contribution in [2.45, 2.75) is 77.4 Å². The van der Waals surface area contributed by atoms with Crippen molar-refractivity contribution in [3.8, 4) is 17.2 Å². The van der Waals surface area contributed by atoms with Crippen molar-refractivity contribution in [2.75, 3.05) is 20.2 Å². The van der Waals surface area contributed by atoms with Gasteiger partial charge in [0, 0.05) is 30.3 Å². The molecule has 3 aromatic rings. The Morgan fingerprint density at radius 2 is 1.66 bits per heavy atom. The molecule has 0 aromatic heterocycles. The molecule has 3 aromatic carbocycles. The number of carbonyl (C=O) groups is 3. The molecule has 0 radical (unpaired) electrons. The Kier molecular flexibility index (Phi) is 10.0. The third-order valence-electron chi connectivity index (χ3n) is 11.7. The van der Waals surface area contributed by atoms with E-state index in [1.165, 1.54) is 7.11 Å². The lowest BCUT2D eigenvalue weighted by Gasteiger charge is -2.34. The number of nitrogens with two attached hydrogens (primary N) is 1. The van der Waals surface area contributed by atoms with Crippen LogP contribution in [0.2, 0.25) is 0 Å². The zero-order valence-electron chi connectivity index (χ0n) is 33.8. The van der Waals surface area contributed by atoms with Crippen LogP contribution in [0.25, 0.3) is 33.3 Å². The van der Waals surface area contributed by atoms with E-state index in [0.717, 1.165) is 56.7 Å². The molecule has 1 aliphatic carbocycles. The maximum absolute atomic E-state index is 13.9. The van der Waals surface area contributed by atoms with Crippen LogP contribution in [-0.4, -0.2) is 83.8 Å². The summed E-state index contributed by atoms with van der Waals surface area (Å²) >= 11 is 0. The molecule has 3 amide bonds. The van der Waals surface area contributed by atoms with Crippen molar-refractivity contribution in [3.63, 3.8) is 0 Å². The maximum atomic E-state index is 13.9. The van der Waals surface area contributed by atoms with Crippen LogP contribution >= 0.6 is 0 Å². The molecular weight excluding hydrogens is 733 g/mol. The van der Waals surface area contributed by atoms with Gasteiger partial charge >= 0.3 is 12.2 Å². The molecule has 0 bridgehead atoms. The van der Waals surface area contributed by atoms with Crippen molar-refractivity contribution < 1.29 is 29.2 Å². The fourth-order valence-electron chi connectivity index (χ4n) is 8.47. The summed E-state index contributed by atoms with van der Waals surface area (Å²) in [7, 11) is 1.30. The summed E-state index contributed by atoms with van der Waals surface area (Å²) in [4.78, 5) is 47.2. The lowest BCUT2D eigenvalue weighted by molar-refractivity contribution is -0.435. The lowest BCUT2D eigenvalue weighted by Crippen LogP contribution is -2.86. The number of benzene rings is 3. The molecule has 4 heterocycles. The van der Waals surface area contributed by atoms with Crippen molar-refractivity contribution in [2.24, 2.45) is 22.2 Å². The van der Waals surface area contributed by atoms with E-state index in [1.54, 1.807) is 4.90 Å². The van der Waals surface area contributed by atoms with Gasteiger partial charge in [0.2, 0.25) is 11.7 Å². The number of nitrogens with one attached hydrogen (secondary N) is 3. The number of aliphatic imine (C=N–C) groups is 1. The van der Waals surface area contributed by atoms with Crippen LogP contribution < -0.4 is 21.3 Å². The molecule has 300 valence electrons. The summed E-state index contributed by atoms with van der Waals surface area (Å²) in [5, 5.41) is 23.7. The van der Waals surface area contributed by atoms with Crippen LogP contribution in [0.4, 0.5) is 9.59 Å². The molecule has 5 N–H and O–H groups in total. The molecular formula is C45H51N8O5+. The first kappa shape index (κ1) is 38.7. The van der Waals surface area contributed by atoms with Gasteiger partial charge in [0.25, 0.3) is 0 Å². The molecule has 2 saturated heterocycles. The van der Waals surface area contributed by atoms with Crippen LogP contribution in [0.5, 0.6) is 0 Å². The minimum atomic E-state index is -0.685. The number of amidine groups is 1. The maximum Gasteiger partial charge on any atom is 0.411 e. The molecule has 13 heteroatoms. The monoisotopic (exact) mass is 783 g/mol. The highest BCUT2D eigenvalue weighted by Crippen LogP contribution is 2.48. The highest BCUT2D eigenvalue weighted by molar-refractivity contribution is 5.93. The summed E-state index contributed by atoms with van der Waals surface area (Å²) in [6.07, 6.45) is 8.26. The Morgan fingerprint density at radius 1 is 0.983 bits per heavy atom. The van der Waals surface area contributed by atoms with Crippen LogP contribution in [0.3, 0.4) is 0 Å². The number of carbonyl (C=O) groups excluding carboxylic acids is 3. The first-order valence-corrected chi connectivity index (χ1v) is 20.0. The van der Waals surface area contributed by atoms with E-state index in [9.17, 15) is 19.6 Å². The third-order valence-corrected chi connectivity index (χ3v) is 11.7. The number of ether oxygens (including phenoxy) is 2. The van der Waals surface area contributed by atoms with Gasteiger partial charge in [0.1, 0.15) is 23.9 Å². The van der Waals surface area contributed by atoms with Gasteiger partial charge in [-0.15, -0.1) is 0 Å². The van der Waals surface area contributed by atoms with Crippen molar-refractivity contribution >= 4 is 46.1 Å². The molecule has 13 nitrogen and oxygen atoms in total. The minimum Gasteiger partial charge on any atom is -0.453 e. The van der Waals surface area contributed by atoms with Gasteiger partial charge in [-0.05, 0) is 85.2 Å². The number of hydrogen-bond acceptors (Lipinski definition) is 9. The smallest absolute Gasteiger partial charge is 0.411 e. The van der Waals surface area contributed by atoms with Gasteiger partial charge in [0.05, 0.1) is 37.0 Å². The summed E-state index contributed by atoms with van der Waals surface area (Å²) in [6.45, 7) is 10.3. The number of hydrogen-bond donors (Lipinski definition) is 4. The van der Waals surface area contributed by atoms with E-state index in [0.29, 0.717) is 19.5 Å². The molecule has 4 aliphatic heterocycles. The predicted octanol–water partition coefficient (Wildman–Crippen LogP) is 5.28. The van der Waals surface area contributed by atoms with Gasteiger partial charge in [-0.3, -0.25) is 15.0 Å². The summed E-state index contributed by atoms with van der Waals surface area (Å²) in [6, 6.07) is 22.5. The number of fused-ring (bicyclic) bond motifs is 1. The number of nitrogens with zero attached hydrogens (tertiary/aromatic N) is 4. The standard InChI is InChI=1S/C45H50N8O5/c1-26(2)38(51-42(55)57-6)41(54)53-25-45(15-16-45)20-37(53)40-48-22-34(49-40)29-9-7-28(8-10-29)30-11-12-32-19-33(14-13-31(32)18-30)35-23-47-39(50-35)36-17-27(21-46)24-52(36)43(56)58-44(3,4)5/h7-16,18-19,22-23,26-27,36-38,40,48-49H,17,20,24-25H2,1-6H3,(H,47,50)(H,51,55)/p+1/t27-,36+,37+,38+,40?/m1/s1. The quantitative estimate of drug-likeness (QED) is 0.224. The molecule has 58 heavy (non-hydrogen) atoms. The van der Waals surface area contributed by atoms with Crippen molar-refractivity contribution in [1.82, 2.24) is 25.8 Å². The van der Waals surface area contributed by atoms with Crippen LogP contribution in [0.1, 0.15) is 58.6 Å². The largest absolute Gasteiger partial charge is 0.453 e.